The Kier molecular flexibility index (Phi) is 3.33. The van der Waals surface area contributed by atoms with Gasteiger partial charge in [-0.25, -0.2) is 4.39 Å². The Morgan fingerprint density at radius 2 is 2.12 bits per heavy atom. The lowest BCUT2D eigenvalue weighted by Crippen LogP contribution is -2.46. The number of halogens is 2. The summed E-state index contributed by atoms with van der Waals surface area (Å²) in [7, 11) is 0. The Morgan fingerprint density at radius 3 is 2.62 bits per heavy atom. The molecule has 16 heavy (non-hydrogen) atoms. The van der Waals surface area contributed by atoms with E-state index in [0.29, 0.717) is 12.1 Å². The van der Waals surface area contributed by atoms with Crippen molar-refractivity contribution in [1.29, 1.82) is 0 Å². The molecule has 0 radical (unpaired) electrons. The molecule has 1 fully saturated rings. The van der Waals surface area contributed by atoms with Gasteiger partial charge in [0, 0.05) is 21.5 Å². The molecule has 0 heterocycles. The highest BCUT2D eigenvalue weighted by atomic mass is 79.9. The summed E-state index contributed by atoms with van der Waals surface area (Å²) in [5.41, 5.74) is 12.4. The molecule has 1 aromatic rings. The van der Waals surface area contributed by atoms with Crippen molar-refractivity contribution < 1.29 is 4.39 Å². The normalized spacial score (nSPS) is 20.2. The van der Waals surface area contributed by atoms with Crippen LogP contribution in [0.3, 0.4) is 0 Å². The molecule has 1 unspecified atom stereocenters. The van der Waals surface area contributed by atoms with Crippen molar-refractivity contribution in [2.75, 3.05) is 6.54 Å². The summed E-state index contributed by atoms with van der Waals surface area (Å²) in [5.74, 6) is -0.240. The summed E-state index contributed by atoms with van der Waals surface area (Å²) in [6.45, 7) is 0.528. The number of hydrogen-bond donors (Lipinski definition) is 2. The van der Waals surface area contributed by atoms with Crippen LogP contribution in [0, 0.1) is 11.2 Å². The first-order valence-electron chi connectivity index (χ1n) is 5.50. The fourth-order valence-electron chi connectivity index (χ4n) is 2.36. The minimum atomic E-state index is -0.302. The highest BCUT2D eigenvalue weighted by Gasteiger charge is 2.42. The number of benzene rings is 1. The zero-order valence-corrected chi connectivity index (χ0v) is 10.6. The van der Waals surface area contributed by atoms with Gasteiger partial charge in [-0.15, -0.1) is 0 Å². The van der Waals surface area contributed by atoms with E-state index in [9.17, 15) is 4.39 Å². The molecule has 0 saturated heterocycles. The van der Waals surface area contributed by atoms with E-state index in [2.05, 4.69) is 15.9 Å². The van der Waals surface area contributed by atoms with Gasteiger partial charge in [0.25, 0.3) is 0 Å². The van der Waals surface area contributed by atoms with Gasteiger partial charge in [-0.2, -0.15) is 0 Å². The minimum Gasteiger partial charge on any atom is -0.330 e. The fourth-order valence-corrected chi connectivity index (χ4v) is 2.73. The third-order valence-corrected chi connectivity index (χ3v) is 4.20. The van der Waals surface area contributed by atoms with Crippen molar-refractivity contribution >= 4 is 15.9 Å². The second-order valence-electron chi connectivity index (χ2n) is 4.56. The zero-order valence-electron chi connectivity index (χ0n) is 9.05. The Hall–Kier alpha value is -0.450. The fraction of sp³-hybridized carbons (Fsp3) is 0.500. The van der Waals surface area contributed by atoms with Crippen LogP contribution >= 0.6 is 15.9 Å². The summed E-state index contributed by atoms with van der Waals surface area (Å²) >= 11 is 3.34. The van der Waals surface area contributed by atoms with Crippen LogP contribution in [-0.4, -0.2) is 6.54 Å². The van der Waals surface area contributed by atoms with Crippen LogP contribution in [0.15, 0.2) is 22.7 Å². The molecular weight excluding hydrogens is 271 g/mol. The van der Waals surface area contributed by atoms with E-state index in [4.69, 9.17) is 11.5 Å². The number of hydrogen-bond acceptors (Lipinski definition) is 2. The Balaban J connectivity index is 2.32. The molecule has 1 aliphatic carbocycles. The zero-order chi connectivity index (χ0) is 11.8. The molecule has 0 amide bonds. The van der Waals surface area contributed by atoms with Gasteiger partial charge in [0.1, 0.15) is 5.82 Å². The van der Waals surface area contributed by atoms with E-state index in [0.717, 1.165) is 23.7 Å². The van der Waals surface area contributed by atoms with Crippen molar-refractivity contribution in [2.45, 2.75) is 25.3 Å². The van der Waals surface area contributed by atoms with E-state index in [1.54, 1.807) is 12.1 Å². The first-order chi connectivity index (χ1) is 7.59. The van der Waals surface area contributed by atoms with Crippen LogP contribution in [0.1, 0.15) is 30.9 Å². The average Bonchev–Trinajstić information content (AvgIpc) is 2.21. The molecule has 88 valence electrons. The van der Waals surface area contributed by atoms with E-state index in [-0.39, 0.29) is 17.3 Å². The van der Waals surface area contributed by atoms with Crippen LogP contribution < -0.4 is 11.5 Å². The number of rotatable bonds is 3. The molecule has 1 atom stereocenters. The molecule has 4 heteroatoms. The second-order valence-corrected chi connectivity index (χ2v) is 5.48. The molecule has 0 aromatic heterocycles. The SMILES string of the molecule is NCC1(C(N)c2cc(Br)ccc2F)CCC1. The maximum absolute atomic E-state index is 13.7. The number of nitrogens with two attached hydrogens (primary N) is 2. The highest BCUT2D eigenvalue weighted by molar-refractivity contribution is 9.10. The van der Waals surface area contributed by atoms with Crippen molar-refractivity contribution in [2.24, 2.45) is 16.9 Å². The average molecular weight is 287 g/mol. The first kappa shape index (κ1) is 12.0. The second kappa shape index (κ2) is 4.43. The lowest BCUT2D eigenvalue weighted by Gasteiger charge is -2.45. The quantitative estimate of drug-likeness (QED) is 0.898. The van der Waals surface area contributed by atoms with E-state index in [1.165, 1.54) is 6.07 Å². The third-order valence-electron chi connectivity index (χ3n) is 3.71. The van der Waals surface area contributed by atoms with E-state index >= 15 is 0 Å². The largest absolute Gasteiger partial charge is 0.330 e. The highest BCUT2D eigenvalue weighted by Crippen LogP contribution is 2.48. The van der Waals surface area contributed by atoms with Crippen LogP contribution in [-0.2, 0) is 0 Å². The van der Waals surface area contributed by atoms with Crippen LogP contribution in [0.5, 0.6) is 0 Å². The van der Waals surface area contributed by atoms with Crippen LogP contribution in [0.2, 0.25) is 0 Å². The topological polar surface area (TPSA) is 52.0 Å². The van der Waals surface area contributed by atoms with Gasteiger partial charge in [-0.1, -0.05) is 22.4 Å². The standard InChI is InChI=1S/C12H16BrFN2/c13-8-2-3-10(14)9(6-8)11(16)12(7-15)4-1-5-12/h2-3,6,11H,1,4-5,7,15-16H2. The molecule has 1 aliphatic rings. The van der Waals surface area contributed by atoms with Gasteiger partial charge in [-0.05, 0) is 37.6 Å². The Morgan fingerprint density at radius 1 is 1.44 bits per heavy atom. The maximum Gasteiger partial charge on any atom is 0.128 e. The van der Waals surface area contributed by atoms with Crippen molar-refractivity contribution in [3.8, 4) is 0 Å². The van der Waals surface area contributed by atoms with Gasteiger partial charge in [0.15, 0.2) is 0 Å². The van der Waals surface area contributed by atoms with Crippen molar-refractivity contribution in [1.82, 2.24) is 0 Å². The lowest BCUT2D eigenvalue weighted by molar-refractivity contribution is 0.103. The summed E-state index contributed by atoms with van der Waals surface area (Å²) in [4.78, 5) is 0. The molecule has 1 saturated carbocycles. The van der Waals surface area contributed by atoms with Crippen LogP contribution in [0.4, 0.5) is 4.39 Å². The molecule has 2 rings (SSSR count). The molecule has 1 aromatic carbocycles. The molecular formula is C12H16BrFN2. The van der Waals surface area contributed by atoms with Crippen LogP contribution in [0.25, 0.3) is 0 Å². The smallest absolute Gasteiger partial charge is 0.128 e. The van der Waals surface area contributed by atoms with Crippen molar-refractivity contribution in [3.05, 3.63) is 34.1 Å². The molecule has 0 spiro atoms. The maximum atomic E-state index is 13.7. The molecule has 2 nitrogen and oxygen atoms in total. The van der Waals surface area contributed by atoms with Gasteiger partial charge in [0.2, 0.25) is 0 Å². The summed E-state index contributed by atoms with van der Waals surface area (Å²) in [5, 5.41) is 0. The lowest BCUT2D eigenvalue weighted by atomic mass is 9.62. The Labute approximate surface area is 103 Å². The molecule has 4 N–H and O–H groups in total. The third kappa shape index (κ3) is 1.90. The minimum absolute atomic E-state index is 0.0956. The Bertz CT molecular complexity index is 385. The van der Waals surface area contributed by atoms with E-state index in [1.807, 2.05) is 0 Å². The van der Waals surface area contributed by atoms with E-state index < -0.39 is 0 Å². The predicted octanol–water partition coefficient (Wildman–Crippen LogP) is 2.72. The van der Waals surface area contributed by atoms with Gasteiger partial charge >= 0.3 is 0 Å². The van der Waals surface area contributed by atoms with Gasteiger partial charge < -0.3 is 11.5 Å². The predicted molar refractivity (Wildman–Crippen MR) is 66.4 cm³/mol. The first-order valence-corrected chi connectivity index (χ1v) is 6.29. The molecule has 0 bridgehead atoms. The molecule has 0 aliphatic heterocycles. The summed E-state index contributed by atoms with van der Waals surface area (Å²) < 4.78 is 14.6. The monoisotopic (exact) mass is 286 g/mol. The van der Waals surface area contributed by atoms with Gasteiger partial charge in [0.05, 0.1) is 0 Å². The summed E-state index contributed by atoms with van der Waals surface area (Å²) in [6.07, 6.45) is 3.13. The van der Waals surface area contributed by atoms with Gasteiger partial charge in [-0.3, -0.25) is 0 Å². The summed E-state index contributed by atoms with van der Waals surface area (Å²) in [6, 6.07) is 4.59. The van der Waals surface area contributed by atoms with Crippen molar-refractivity contribution in [3.63, 3.8) is 0 Å².